The highest BCUT2D eigenvalue weighted by molar-refractivity contribution is 5.94. The highest BCUT2D eigenvalue weighted by Gasteiger charge is 2.41. The molecule has 0 atom stereocenters. The summed E-state index contributed by atoms with van der Waals surface area (Å²) in [6.07, 6.45) is -2.49. The number of alkyl halides is 4. The average molecular weight is 414 g/mol. The van der Waals surface area contributed by atoms with Gasteiger partial charge in [-0.05, 0) is 44.5 Å². The van der Waals surface area contributed by atoms with Crippen LogP contribution in [-0.4, -0.2) is 41.4 Å². The second kappa shape index (κ2) is 9.53. The van der Waals surface area contributed by atoms with E-state index >= 15 is 0 Å². The molecule has 0 aliphatic heterocycles. The number of nitrogens with zero attached hydrogens (tertiary/aromatic N) is 2. The number of anilines is 1. The largest absolute Gasteiger partial charge is 0.471 e. The van der Waals surface area contributed by atoms with E-state index in [1.54, 1.807) is 32.0 Å². The Balaban J connectivity index is 1.99. The molecule has 0 unspecified atom stereocenters. The van der Waals surface area contributed by atoms with Crippen LogP contribution >= 0.6 is 0 Å². The van der Waals surface area contributed by atoms with Crippen LogP contribution in [0.25, 0.3) is 0 Å². The van der Waals surface area contributed by atoms with Crippen LogP contribution in [0, 0.1) is 13.8 Å². The van der Waals surface area contributed by atoms with Crippen molar-refractivity contribution in [3.8, 4) is 5.88 Å². The summed E-state index contributed by atoms with van der Waals surface area (Å²) in [5.74, 6) is -4.14. The molecule has 2 rings (SSSR count). The molecule has 0 aliphatic rings. The summed E-state index contributed by atoms with van der Waals surface area (Å²) >= 11 is 0. The molecule has 0 fully saturated rings. The molecule has 2 aromatic heterocycles. The third-order valence-corrected chi connectivity index (χ3v) is 3.83. The third kappa shape index (κ3) is 6.30. The summed E-state index contributed by atoms with van der Waals surface area (Å²) in [7, 11) is 0. The molecule has 29 heavy (non-hydrogen) atoms. The normalized spacial score (nSPS) is 11.4. The van der Waals surface area contributed by atoms with Crippen molar-refractivity contribution in [2.24, 2.45) is 0 Å². The second-order valence-corrected chi connectivity index (χ2v) is 6.41. The fourth-order valence-electron chi connectivity index (χ4n) is 2.45. The number of carbonyl (C=O) groups excluding carboxylic acids is 1. The van der Waals surface area contributed by atoms with E-state index in [4.69, 9.17) is 4.74 Å². The molecule has 0 saturated carbocycles. The molecule has 0 aliphatic carbocycles. The van der Waals surface area contributed by atoms with Gasteiger partial charge in [0.15, 0.2) is 6.61 Å². The molecule has 6 nitrogen and oxygen atoms in total. The Morgan fingerprint density at radius 3 is 2.59 bits per heavy atom. The summed E-state index contributed by atoms with van der Waals surface area (Å²) in [6, 6.07) is 4.86. The monoisotopic (exact) mass is 414 g/mol. The number of amides is 1. The highest BCUT2D eigenvalue weighted by Crippen LogP contribution is 2.25. The SMILES string of the molecule is CCNc1cc(C(=O)NCc2cnc(OCC(F)(F)C(F)F)c(C)c2)cc(C)n1. The Labute approximate surface area is 165 Å². The second-order valence-electron chi connectivity index (χ2n) is 6.41. The van der Waals surface area contributed by atoms with Crippen LogP contribution in [0.2, 0.25) is 0 Å². The summed E-state index contributed by atoms with van der Waals surface area (Å²) < 4.78 is 55.0. The van der Waals surface area contributed by atoms with E-state index < -0.39 is 19.0 Å². The summed E-state index contributed by atoms with van der Waals surface area (Å²) in [4.78, 5) is 20.5. The number of aryl methyl sites for hydroxylation is 2. The highest BCUT2D eigenvalue weighted by atomic mass is 19.3. The zero-order valence-corrected chi connectivity index (χ0v) is 16.2. The van der Waals surface area contributed by atoms with Crippen molar-refractivity contribution in [1.29, 1.82) is 0 Å². The number of pyridine rings is 2. The molecule has 0 radical (unpaired) electrons. The zero-order valence-electron chi connectivity index (χ0n) is 16.2. The minimum atomic E-state index is -4.26. The zero-order chi connectivity index (χ0) is 21.6. The molecular formula is C19H22F4N4O2. The van der Waals surface area contributed by atoms with E-state index in [2.05, 4.69) is 20.6 Å². The Morgan fingerprint density at radius 2 is 1.97 bits per heavy atom. The lowest BCUT2D eigenvalue weighted by Crippen LogP contribution is -2.34. The molecule has 10 heteroatoms. The maximum Gasteiger partial charge on any atom is 0.340 e. The third-order valence-electron chi connectivity index (χ3n) is 3.83. The Hall–Kier alpha value is -2.91. The molecule has 1 amide bonds. The lowest BCUT2D eigenvalue weighted by atomic mass is 10.2. The number of hydrogen-bond donors (Lipinski definition) is 2. The van der Waals surface area contributed by atoms with Crippen LogP contribution in [-0.2, 0) is 6.54 Å². The molecule has 158 valence electrons. The smallest absolute Gasteiger partial charge is 0.340 e. The van der Waals surface area contributed by atoms with E-state index in [1.807, 2.05) is 6.92 Å². The van der Waals surface area contributed by atoms with Gasteiger partial charge in [0.2, 0.25) is 5.88 Å². The van der Waals surface area contributed by atoms with Crippen LogP contribution in [0.5, 0.6) is 5.88 Å². The Morgan fingerprint density at radius 1 is 1.24 bits per heavy atom. The van der Waals surface area contributed by atoms with Crippen molar-refractivity contribution in [2.45, 2.75) is 39.7 Å². The van der Waals surface area contributed by atoms with Gasteiger partial charge in [0.1, 0.15) is 5.82 Å². The van der Waals surface area contributed by atoms with Crippen LogP contribution in [0.4, 0.5) is 23.4 Å². The molecule has 0 aromatic carbocycles. The van der Waals surface area contributed by atoms with Crippen molar-refractivity contribution in [3.05, 3.63) is 46.8 Å². The fraction of sp³-hybridized carbons (Fsp3) is 0.421. The van der Waals surface area contributed by atoms with Crippen molar-refractivity contribution < 1.29 is 27.1 Å². The minimum Gasteiger partial charge on any atom is -0.471 e. The first-order valence-corrected chi connectivity index (χ1v) is 8.87. The van der Waals surface area contributed by atoms with Crippen molar-refractivity contribution in [3.63, 3.8) is 0 Å². The predicted molar refractivity (Wildman–Crippen MR) is 99.7 cm³/mol. The lowest BCUT2D eigenvalue weighted by molar-refractivity contribution is -0.148. The van der Waals surface area contributed by atoms with E-state index in [-0.39, 0.29) is 18.3 Å². The molecule has 2 N–H and O–H groups in total. The van der Waals surface area contributed by atoms with Gasteiger partial charge in [0.05, 0.1) is 0 Å². The van der Waals surface area contributed by atoms with Gasteiger partial charge in [-0.3, -0.25) is 4.79 Å². The van der Waals surface area contributed by atoms with Gasteiger partial charge in [-0.1, -0.05) is 0 Å². The number of ether oxygens (including phenoxy) is 1. The fourth-order valence-corrected chi connectivity index (χ4v) is 2.45. The summed E-state index contributed by atoms with van der Waals surface area (Å²) in [5, 5.41) is 5.78. The van der Waals surface area contributed by atoms with Crippen molar-refractivity contribution in [1.82, 2.24) is 15.3 Å². The van der Waals surface area contributed by atoms with Crippen LogP contribution < -0.4 is 15.4 Å². The number of halogens is 4. The van der Waals surface area contributed by atoms with Crippen LogP contribution in [0.1, 0.15) is 34.1 Å². The Bertz CT molecular complexity index is 862. The van der Waals surface area contributed by atoms with Gasteiger partial charge in [-0.15, -0.1) is 0 Å². The molecule has 0 spiro atoms. The number of aromatic nitrogens is 2. The van der Waals surface area contributed by atoms with Gasteiger partial charge in [-0.25, -0.2) is 18.7 Å². The van der Waals surface area contributed by atoms with E-state index in [9.17, 15) is 22.4 Å². The number of rotatable bonds is 9. The van der Waals surface area contributed by atoms with Gasteiger partial charge >= 0.3 is 12.3 Å². The number of carbonyl (C=O) groups is 1. The van der Waals surface area contributed by atoms with Crippen LogP contribution in [0.3, 0.4) is 0 Å². The maximum absolute atomic E-state index is 13.0. The molecule has 0 bridgehead atoms. The van der Waals surface area contributed by atoms with Crippen molar-refractivity contribution in [2.75, 3.05) is 18.5 Å². The average Bonchev–Trinajstić information content (AvgIpc) is 2.65. The molecule has 2 aromatic rings. The first-order valence-electron chi connectivity index (χ1n) is 8.87. The minimum absolute atomic E-state index is 0.137. The van der Waals surface area contributed by atoms with E-state index in [1.165, 1.54) is 6.20 Å². The van der Waals surface area contributed by atoms with Gasteiger partial charge in [0.25, 0.3) is 5.91 Å². The molecule has 0 saturated heterocycles. The van der Waals surface area contributed by atoms with Gasteiger partial charge in [0, 0.05) is 36.1 Å². The van der Waals surface area contributed by atoms with Crippen LogP contribution in [0.15, 0.2) is 24.4 Å². The maximum atomic E-state index is 13.0. The first kappa shape index (κ1) is 22.4. The standard InChI is InChI=1S/C19H22F4N4O2/c1-4-24-15-7-14(6-12(3)27-15)16(28)25-8-13-5-11(2)17(26-9-13)29-10-19(22,23)18(20)21/h5-7,9,18H,4,8,10H2,1-3H3,(H,24,27)(H,25,28). The lowest BCUT2D eigenvalue weighted by Gasteiger charge is -2.16. The summed E-state index contributed by atoms with van der Waals surface area (Å²) in [6.45, 7) is 4.58. The summed E-state index contributed by atoms with van der Waals surface area (Å²) in [5.41, 5.74) is 2.11. The van der Waals surface area contributed by atoms with Gasteiger partial charge < -0.3 is 15.4 Å². The number of nitrogens with one attached hydrogen (secondary N) is 2. The quantitative estimate of drug-likeness (QED) is 0.612. The number of hydrogen-bond acceptors (Lipinski definition) is 5. The van der Waals surface area contributed by atoms with Crippen molar-refractivity contribution >= 4 is 11.7 Å². The van der Waals surface area contributed by atoms with E-state index in [0.717, 1.165) is 0 Å². The molecular weight excluding hydrogens is 392 g/mol. The predicted octanol–water partition coefficient (Wildman–Crippen LogP) is 3.73. The topological polar surface area (TPSA) is 76.1 Å². The van der Waals surface area contributed by atoms with Gasteiger partial charge in [-0.2, -0.15) is 8.78 Å². The first-order chi connectivity index (χ1) is 13.6. The van der Waals surface area contributed by atoms with E-state index in [0.29, 0.717) is 34.7 Å². The molecule has 2 heterocycles. The Kier molecular flexibility index (Phi) is 7.35.